The van der Waals surface area contributed by atoms with Crippen LogP contribution >= 0.6 is 22.9 Å². The Kier molecular flexibility index (Phi) is 5.59. The summed E-state index contributed by atoms with van der Waals surface area (Å²) >= 11 is 7.36. The van der Waals surface area contributed by atoms with E-state index in [0.29, 0.717) is 30.0 Å². The van der Waals surface area contributed by atoms with Crippen LogP contribution in [0.2, 0.25) is 5.02 Å². The lowest BCUT2D eigenvalue weighted by Crippen LogP contribution is -2.22. The average Bonchev–Trinajstić information content (AvgIpc) is 2.89. The molecule has 0 saturated carbocycles. The second kappa shape index (κ2) is 7.43. The van der Waals surface area contributed by atoms with Crippen LogP contribution in [0.15, 0.2) is 29.6 Å². The van der Waals surface area contributed by atoms with E-state index in [2.05, 4.69) is 5.32 Å². The molecule has 0 saturated heterocycles. The highest BCUT2D eigenvalue weighted by Gasteiger charge is 2.06. The number of carbonyl (C=O) groups is 1. The summed E-state index contributed by atoms with van der Waals surface area (Å²) in [5.41, 5.74) is 0.695. The van der Waals surface area contributed by atoms with Gasteiger partial charge in [-0.25, -0.2) is 4.39 Å². The molecule has 0 unspecified atom stereocenters. The molecule has 2 rings (SSSR count). The number of nitrogens with one attached hydrogen (secondary N) is 1. The van der Waals surface area contributed by atoms with Crippen molar-refractivity contribution < 1.29 is 13.9 Å². The van der Waals surface area contributed by atoms with Gasteiger partial charge >= 0.3 is 0 Å². The van der Waals surface area contributed by atoms with Crippen molar-refractivity contribution in [3.63, 3.8) is 0 Å². The highest BCUT2D eigenvalue weighted by Crippen LogP contribution is 2.20. The third-order valence-corrected chi connectivity index (χ3v) is 4.27. The maximum atomic E-state index is 13.5. The highest BCUT2D eigenvalue weighted by molar-refractivity contribution is 7.10. The Labute approximate surface area is 131 Å². The molecule has 0 spiro atoms. The molecule has 0 aliphatic carbocycles. The first-order valence-electron chi connectivity index (χ1n) is 6.40. The minimum atomic E-state index is -0.433. The number of methoxy groups -OCH3 is 1. The number of benzene rings is 1. The maximum Gasteiger partial charge on any atom is 0.220 e. The van der Waals surface area contributed by atoms with Crippen molar-refractivity contribution >= 4 is 28.8 Å². The molecule has 112 valence electrons. The summed E-state index contributed by atoms with van der Waals surface area (Å²) in [6.07, 6.45) is 1.04. The van der Waals surface area contributed by atoms with Gasteiger partial charge in [0.2, 0.25) is 5.91 Å². The van der Waals surface area contributed by atoms with E-state index in [4.69, 9.17) is 16.3 Å². The Balaban J connectivity index is 1.79. The fraction of sp³-hybridized carbons (Fsp3) is 0.267. The van der Waals surface area contributed by atoms with Crippen molar-refractivity contribution in [2.24, 2.45) is 0 Å². The molecule has 21 heavy (non-hydrogen) atoms. The van der Waals surface area contributed by atoms with E-state index in [1.807, 2.05) is 11.4 Å². The molecular weight excluding hydrogens is 313 g/mol. The predicted octanol–water partition coefficient (Wildman–Crippen LogP) is 3.80. The monoisotopic (exact) mass is 327 g/mol. The van der Waals surface area contributed by atoms with Crippen LogP contribution in [-0.4, -0.2) is 13.0 Å². The number of rotatable bonds is 6. The van der Waals surface area contributed by atoms with Crippen LogP contribution in [-0.2, 0) is 17.8 Å². The molecule has 0 radical (unpaired) electrons. The summed E-state index contributed by atoms with van der Waals surface area (Å²) in [5.74, 6) is -0.312. The van der Waals surface area contributed by atoms with Crippen LogP contribution < -0.4 is 10.1 Å². The zero-order valence-electron chi connectivity index (χ0n) is 11.5. The molecule has 3 nitrogen and oxygen atoms in total. The van der Waals surface area contributed by atoms with E-state index in [1.54, 1.807) is 12.1 Å². The minimum Gasteiger partial charge on any atom is -0.494 e. The van der Waals surface area contributed by atoms with Crippen LogP contribution in [0.4, 0.5) is 4.39 Å². The van der Waals surface area contributed by atoms with E-state index in [0.717, 1.165) is 4.88 Å². The van der Waals surface area contributed by atoms with Gasteiger partial charge < -0.3 is 10.1 Å². The minimum absolute atomic E-state index is 0.0734. The van der Waals surface area contributed by atoms with Gasteiger partial charge in [-0.2, -0.15) is 0 Å². The average molecular weight is 328 g/mol. The van der Waals surface area contributed by atoms with Crippen molar-refractivity contribution in [2.45, 2.75) is 19.4 Å². The Hall–Kier alpha value is -1.59. The lowest BCUT2D eigenvalue weighted by Gasteiger charge is -2.07. The van der Waals surface area contributed by atoms with Crippen molar-refractivity contribution in [3.05, 3.63) is 50.9 Å². The largest absolute Gasteiger partial charge is 0.494 e. The van der Waals surface area contributed by atoms with E-state index in [9.17, 15) is 9.18 Å². The number of thiophene rings is 1. The topological polar surface area (TPSA) is 38.3 Å². The van der Waals surface area contributed by atoms with Crippen LogP contribution in [0.3, 0.4) is 0 Å². The highest BCUT2D eigenvalue weighted by atomic mass is 35.5. The Morgan fingerprint density at radius 3 is 2.86 bits per heavy atom. The maximum absolute atomic E-state index is 13.5. The fourth-order valence-corrected chi connectivity index (χ4v) is 2.91. The number of hydrogen-bond donors (Lipinski definition) is 1. The normalized spacial score (nSPS) is 10.4. The van der Waals surface area contributed by atoms with Crippen LogP contribution in [0, 0.1) is 5.82 Å². The lowest BCUT2D eigenvalue weighted by molar-refractivity contribution is -0.121. The van der Waals surface area contributed by atoms with Crippen molar-refractivity contribution in [1.82, 2.24) is 5.32 Å². The summed E-state index contributed by atoms with van der Waals surface area (Å²) in [4.78, 5) is 12.8. The van der Waals surface area contributed by atoms with Crippen molar-refractivity contribution in [3.8, 4) is 5.75 Å². The summed E-state index contributed by atoms with van der Waals surface area (Å²) in [5, 5.41) is 5.31. The Morgan fingerprint density at radius 2 is 2.24 bits per heavy atom. The van der Waals surface area contributed by atoms with Gasteiger partial charge in [-0.15, -0.1) is 11.3 Å². The molecule has 0 bridgehead atoms. The molecule has 2 aromatic rings. The van der Waals surface area contributed by atoms with E-state index >= 15 is 0 Å². The third-order valence-electron chi connectivity index (χ3n) is 2.93. The van der Waals surface area contributed by atoms with E-state index in [1.165, 1.54) is 24.5 Å². The second-order valence-corrected chi connectivity index (χ2v) is 5.91. The summed E-state index contributed by atoms with van der Waals surface area (Å²) in [7, 11) is 1.41. The SMILES string of the molecule is COc1ccc(CNC(=O)CCc2cc(Cl)cs2)cc1F. The smallest absolute Gasteiger partial charge is 0.220 e. The van der Waals surface area contributed by atoms with Gasteiger partial charge in [-0.1, -0.05) is 17.7 Å². The zero-order valence-corrected chi connectivity index (χ0v) is 13.1. The number of halogens is 2. The van der Waals surface area contributed by atoms with E-state index in [-0.39, 0.29) is 11.7 Å². The number of amides is 1. The molecule has 1 aromatic heterocycles. The first-order valence-corrected chi connectivity index (χ1v) is 7.66. The molecule has 0 fully saturated rings. The molecule has 1 amide bonds. The quantitative estimate of drug-likeness (QED) is 0.876. The Bertz CT molecular complexity index is 630. The van der Waals surface area contributed by atoms with Crippen molar-refractivity contribution in [2.75, 3.05) is 7.11 Å². The van der Waals surface area contributed by atoms with Gasteiger partial charge in [0.25, 0.3) is 0 Å². The summed E-state index contributed by atoms with van der Waals surface area (Å²) in [6.45, 7) is 0.297. The predicted molar refractivity (Wildman–Crippen MR) is 82.4 cm³/mol. The van der Waals surface area contributed by atoms with Crippen LogP contribution in [0.5, 0.6) is 5.75 Å². The molecule has 0 atom stereocenters. The van der Waals surface area contributed by atoms with Crippen LogP contribution in [0.1, 0.15) is 16.9 Å². The molecule has 6 heteroatoms. The van der Waals surface area contributed by atoms with E-state index < -0.39 is 5.82 Å². The second-order valence-electron chi connectivity index (χ2n) is 4.48. The van der Waals surface area contributed by atoms with Gasteiger partial charge in [0, 0.05) is 23.2 Å². The number of carbonyl (C=O) groups excluding carboxylic acids is 1. The first kappa shape index (κ1) is 15.8. The fourth-order valence-electron chi connectivity index (χ4n) is 1.83. The molecule has 1 aromatic carbocycles. The molecular formula is C15H15ClFNO2S. The van der Waals surface area contributed by atoms with Crippen molar-refractivity contribution in [1.29, 1.82) is 0 Å². The summed E-state index contributed by atoms with van der Waals surface area (Å²) in [6, 6.07) is 6.49. The molecule has 0 aliphatic heterocycles. The summed E-state index contributed by atoms with van der Waals surface area (Å²) < 4.78 is 18.3. The zero-order chi connectivity index (χ0) is 15.2. The lowest BCUT2D eigenvalue weighted by atomic mass is 10.2. The number of hydrogen-bond acceptors (Lipinski definition) is 3. The van der Waals surface area contributed by atoms with Crippen LogP contribution in [0.25, 0.3) is 0 Å². The van der Waals surface area contributed by atoms with Gasteiger partial charge in [0.15, 0.2) is 11.6 Å². The van der Waals surface area contributed by atoms with Gasteiger partial charge in [-0.3, -0.25) is 4.79 Å². The molecule has 1 heterocycles. The Morgan fingerprint density at radius 1 is 1.43 bits per heavy atom. The van der Waals surface area contributed by atoms with Gasteiger partial charge in [0.1, 0.15) is 0 Å². The molecule has 0 aliphatic rings. The van der Waals surface area contributed by atoms with Gasteiger partial charge in [0.05, 0.1) is 12.1 Å². The van der Waals surface area contributed by atoms with Gasteiger partial charge in [-0.05, 0) is 30.2 Å². The standard InChI is InChI=1S/C15H15ClFNO2S/c1-20-14-4-2-10(6-13(14)17)8-18-15(19)5-3-12-7-11(16)9-21-12/h2,4,6-7,9H,3,5,8H2,1H3,(H,18,19). The number of aryl methyl sites for hydroxylation is 1. The number of ether oxygens (including phenoxy) is 1. The third kappa shape index (κ3) is 4.72. The first-order chi connectivity index (χ1) is 10.1. The molecule has 1 N–H and O–H groups in total.